The first-order valence-electron chi connectivity index (χ1n) is 6.38. The van der Waals surface area contributed by atoms with E-state index in [2.05, 4.69) is 15.3 Å². The van der Waals surface area contributed by atoms with Crippen LogP contribution in [-0.2, 0) is 9.53 Å². The summed E-state index contributed by atoms with van der Waals surface area (Å²) in [4.78, 5) is 30.2. The van der Waals surface area contributed by atoms with Gasteiger partial charge in [0.05, 0.1) is 17.9 Å². The molecule has 1 heterocycles. The molecule has 1 aromatic carbocycles. The number of anilines is 1. The monoisotopic (exact) mass is 305 g/mol. The van der Waals surface area contributed by atoms with Gasteiger partial charge in [-0.1, -0.05) is 11.8 Å². The molecule has 21 heavy (non-hydrogen) atoms. The summed E-state index contributed by atoms with van der Waals surface area (Å²) in [6.45, 7) is 2.09. The van der Waals surface area contributed by atoms with Crippen molar-refractivity contribution in [3.05, 3.63) is 42.2 Å². The third-order valence-electron chi connectivity index (χ3n) is 2.49. The number of hydrogen-bond donors (Lipinski definition) is 2. The number of hydrogen-bond acceptors (Lipinski definition) is 5. The molecule has 1 aromatic heterocycles. The third-order valence-corrected chi connectivity index (χ3v) is 3.40. The van der Waals surface area contributed by atoms with E-state index in [1.54, 1.807) is 43.6 Å². The van der Waals surface area contributed by atoms with Crippen LogP contribution in [0.1, 0.15) is 17.3 Å². The summed E-state index contributed by atoms with van der Waals surface area (Å²) in [5.74, 6) is -0.253. The molecule has 0 aliphatic heterocycles. The van der Waals surface area contributed by atoms with Crippen LogP contribution in [0.25, 0.3) is 0 Å². The number of aromatic amines is 1. The molecule has 6 nitrogen and oxygen atoms in total. The Hall–Kier alpha value is -2.28. The molecule has 0 aliphatic carbocycles. The Bertz CT molecular complexity index is 596. The quantitative estimate of drug-likeness (QED) is 0.632. The molecular formula is C14H15N3O3S. The minimum atomic E-state index is -0.372. The summed E-state index contributed by atoms with van der Waals surface area (Å²) in [7, 11) is 0. The van der Waals surface area contributed by atoms with Gasteiger partial charge in [-0.05, 0) is 31.2 Å². The first-order valence-corrected chi connectivity index (χ1v) is 7.37. The molecule has 0 radical (unpaired) electrons. The van der Waals surface area contributed by atoms with E-state index in [1.165, 1.54) is 11.8 Å². The number of rotatable bonds is 6. The van der Waals surface area contributed by atoms with E-state index >= 15 is 0 Å². The number of carbonyl (C=O) groups excluding carboxylic acids is 2. The Balaban J connectivity index is 1.85. The minimum absolute atomic E-state index is 0.139. The van der Waals surface area contributed by atoms with E-state index < -0.39 is 0 Å². The van der Waals surface area contributed by atoms with Crippen molar-refractivity contribution in [1.82, 2.24) is 9.97 Å². The second-order valence-corrected chi connectivity index (χ2v) is 4.99. The Labute approximate surface area is 126 Å². The zero-order chi connectivity index (χ0) is 15.1. The molecule has 0 atom stereocenters. The first-order chi connectivity index (χ1) is 10.2. The van der Waals surface area contributed by atoms with Crippen LogP contribution in [0.3, 0.4) is 0 Å². The molecule has 0 saturated heterocycles. The van der Waals surface area contributed by atoms with Crippen LogP contribution in [0.15, 0.2) is 41.8 Å². The predicted molar refractivity (Wildman–Crippen MR) is 80.3 cm³/mol. The van der Waals surface area contributed by atoms with Gasteiger partial charge in [-0.2, -0.15) is 0 Å². The number of H-pyrrole nitrogens is 1. The lowest BCUT2D eigenvalue weighted by atomic mass is 10.2. The zero-order valence-electron chi connectivity index (χ0n) is 11.5. The third kappa shape index (κ3) is 4.64. The summed E-state index contributed by atoms with van der Waals surface area (Å²) in [6, 6.07) is 6.57. The highest BCUT2D eigenvalue weighted by atomic mass is 32.2. The fourth-order valence-electron chi connectivity index (χ4n) is 1.56. The maximum Gasteiger partial charge on any atom is 0.338 e. The van der Waals surface area contributed by atoms with Crippen LogP contribution in [0.5, 0.6) is 0 Å². The zero-order valence-corrected chi connectivity index (χ0v) is 12.3. The average Bonchev–Trinajstić information content (AvgIpc) is 2.99. The van der Waals surface area contributed by atoms with Gasteiger partial charge in [0.25, 0.3) is 0 Å². The van der Waals surface area contributed by atoms with E-state index in [1.807, 2.05) is 0 Å². The van der Waals surface area contributed by atoms with Crippen molar-refractivity contribution in [3.8, 4) is 0 Å². The Kier molecular flexibility index (Phi) is 5.39. The van der Waals surface area contributed by atoms with Crippen LogP contribution in [0.4, 0.5) is 5.69 Å². The van der Waals surface area contributed by atoms with Gasteiger partial charge < -0.3 is 15.0 Å². The molecule has 0 aliphatic rings. The number of amides is 1. The van der Waals surface area contributed by atoms with Crippen LogP contribution in [-0.4, -0.2) is 34.2 Å². The lowest BCUT2D eigenvalue weighted by molar-refractivity contribution is -0.113. The number of esters is 1. The Morgan fingerprint density at radius 2 is 2.10 bits per heavy atom. The van der Waals surface area contributed by atoms with Crippen LogP contribution < -0.4 is 5.32 Å². The summed E-state index contributed by atoms with van der Waals surface area (Å²) in [6.07, 6.45) is 3.34. The van der Waals surface area contributed by atoms with Gasteiger partial charge in [0, 0.05) is 18.1 Å². The van der Waals surface area contributed by atoms with Crippen molar-refractivity contribution in [2.75, 3.05) is 17.7 Å². The van der Waals surface area contributed by atoms with E-state index in [0.717, 1.165) is 0 Å². The normalized spacial score (nSPS) is 10.1. The summed E-state index contributed by atoms with van der Waals surface area (Å²) < 4.78 is 4.89. The smallest absolute Gasteiger partial charge is 0.338 e. The van der Waals surface area contributed by atoms with Gasteiger partial charge in [-0.3, -0.25) is 4.79 Å². The van der Waals surface area contributed by atoms with Crippen molar-refractivity contribution >= 4 is 29.3 Å². The van der Waals surface area contributed by atoms with Gasteiger partial charge in [0.2, 0.25) is 5.91 Å². The van der Waals surface area contributed by atoms with Gasteiger partial charge >= 0.3 is 5.97 Å². The van der Waals surface area contributed by atoms with Crippen molar-refractivity contribution in [1.29, 1.82) is 0 Å². The van der Waals surface area contributed by atoms with Crippen LogP contribution in [0.2, 0.25) is 0 Å². The molecule has 2 rings (SSSR count). The first kappa shape index (κ1) is 15.1. The van der Waals surface area contributed by atoms with Gasteiger partial charge in [0.1, 0.15) is 0 Å². The van der Waals surface area contributed by atoms with Crippen molar-refractivity contribution in [3.63, 3.8) is 0 Å². The predicted octanol–water partition coefficient (Wildman–Crippen LogP) is 2.32. The number of nitrogens with zero attached hydrogens (tertiary/aromatic N) is 1. The van der Waals surface area contributed by atoms with Crippen molar-refractivity contribution in [2.45, 2.75) is 12.1 Å². The Morgan fingerprint density at radius 1 is 1.33 bits per heavy atom. The molecule has 0 unspecified atom stereocenters. The largest absolute Gasteiger partial charge is 0.462 e. The Morgan fingerprint density at radius 3 is 2.71 bits per heavy atom. The van der Waals surface area contributed by atoms with E-state index in [9.17, 15) is 9.59 Å². The molecule has 0 spiro atoms. The number of benzene rings is 1. The minimum Gasteiger partial charge on any atom is -0.462 e. The fourth-order valence-corrected chi connectivity index (χ4v) is 2.19. The molecule has 110 valence electrons. The highest BCUT2D eigenvalue weighted by Crippen LogP contribution is 2.14. The second kappa shape index (κ2) is 7.49. The van der Waals surface area contributed by atoms with Gasteiger partial charge in [-0.15, -0.1) is 0 Å². The lowest BCUT2D eigenvalue weighted by Crippen LogP contribution is -2.14. The number of imidazole rings is 1. The van der Waals surface area contributed by atoms with Gasteiger partial charge in [-0.25, -0.2) is 9.78 Å². The SMILES string of the molecule is CCOC(=O)c1ccc(NC(=O)CSc2ncc[nH]2)cc1. The molecule has 2 N–H and O–H groups in total. The van der Waals surface area contributed by atoms with Crippen LogP contribution >= 0.6 is 11.8 Å². The highest BCUT2D eigenvalue weighted by molar-refractivity contribution is 7.99. The second-order valence-electron chi connectivity index (χ2n) is 4.03. The van der Waals surface area contributed by atoms with E-state index in [0.29, 0.717) is 23.0 Å². The maximum absolute atomic E-state index is 11.8. The molecule has 7 heteroatoms. The number of thioether (sulfide) groups is 1. The number of aromatic nitrogens is 2. The standard InChI is InChI=1S/C14H15N3O3S/c1-2-20-13(19)10-3-5-11(6-4-10)17-12(18)9-21-14-15-7-8-16-14/h3-8H,2,9H2,1H3,(H,15,16)(H,17,18). The lowest BCUT2D eigenvalue weighted by Gasteiger charge is -2.06. The molecule has 1 amide bonds. The molecule has 0 saturated carbocycles. The molecule has 0 bridgehead atoms. The fraction of sp³-hybridized carbons (Fsp3) is 0.214. The highest BCUT2D eigenvalue weighted by Gasteiger charge is 2.08. The van der Waals surface area contributed by atoms with E-state index in [4.69, 9.17) is 4.74 Å². The molecule has 2 aromatic rings. The number of carbonyl (C=O) groups is 2. The topological polar surface area (TPSA) is 84.1 Å². The maximum atomic E-state index is 11.8. The van der Waals surface area contributed by atoms with Crippen molar-refractivity contribution < 1.29 is 14.3 Å². The molecule has 0 fully saturated rings. The summed E-state index contributed by atoms with van der Waals surface area (Å²) >= 11 is 1.32. The summed E-state index contributed by atoms with van der Waals surface area (Å²) in [5, 5.41) is 3.45. The number of ether oxygens (including phenoxy) is 1. The van der Waals surface area contributed by atoms with Crippen molar-refractivity contribution in [2.24, 2.45) is 0 Å². The van der Waals surface area contributed by atoms with E-state index in [-0.39, 0.29) is 17.6 Å². The van der Waals surface area contributed by atoms with Crippen LogP contribution in [0, 0.1) is 0 Å². The number of nitrogens with one attached hydrogen (secondary N) is 2. The summed E-state index contributed by atoms with van der Waals surface area (Å²) in [5.41, 5.74) is 1.09. The van der Waals surface area contributed by atoms with Gasteiger partial charge in [0.15, 0.2) is 5.16 Å². The molecular weight excluding hydrogens is 290 g/mol. The average molecular weight is 305 g/mol.